The molecule has 0 bridgehead atoms. The zero-order chi connectivity index (χ0) is 12.4. The summed E-state index contributed by atoms with van der Waals surface area (Å²) >= 11 is 11.8. The highest BCUT2D eigenvalue weighted by molar-refractivity contribution is 6.42. The van der Waals surface area contributed by atoms with Gasteiger partial charge in [0, 0.05) is 24.4 Å². The van der Waals surface area contributed by atoms with Gasteiger partial charge in [0.25, 0.3) is 0 Å². The summed E-state index contributed by atoms with van der Waals surface area (Å²) in [5, 5.41) is 14.1. The minimum absolute atomic E-state index is 0.323. The molecule has 0 fully saturated rings. The van der Waals surface area contributed by atoms with Crippen molar-refractivity contribution in [3.8, 4) is 17.3 Å². The molecule has 17 heavy (non-hydrogen) atoms. The summed E-state index contributed by atoms with van der Waals surface area (Å²) < 4.78 is 1.69. The molecule has 2 aromatic rings. The summed E-state index contributed by atoms with van der Waals surface area (Å²) in [4.78, 5) is 0. The molecule has 5 heteroatoms. The zero-order valence-electron chi connectivity index (χ0n) is 9.11. The van der Waals surface area contributed by atoms with Crippen LogP contribution in [-0.2, 0) is 13.5 Å². The summed E-state index contributed by atoms with van der Waals surface area (Å²) in [6, 6.07) is 7.45. The van der Waals surface area contributed by atoms with Crippen LogP contribution in [-0.4, -0.2) is 9.78 Å². The van der Waals surface area contributed by atoms with E-state index in [0.29, 0.717) is 16.5 Å². The number of hydrogen-bond donors (Lipinski definition) is 0. The first-order valence-electron chi connectivity index (χ1n) is 4.96. The lowest BCUT2D eigenvalue weighted by molar-refractivity contribution is 0.770. The largest absolute Gasteiger partial charge is 0.275 e. The topological polar surface area (TPSA) is 41.6 Å². The van der Waals surface area contributed by atoms with Crippen molar-refractivity contribution >= 4 is 23.2 Å². The number of benzene rings is 1. The van der Waals surface area contributed by atoms with E-state index in [2.05, 4.69) is 11.2 Å². The van der Waals surface area contributed by atoms with E-state index in [1.54, 1.807) is 16.8 Å². The van der Waals surface area contributed by atoms with Gasteiger partial charge < -0.3 is 0 Å². The molecule has 0 aliphatic carbocycles. The zero-order valence-corrected chi connectivity index (χ0v) is 10.6. The lowest BCUT2D eigenvalue weighted by Crippen LogP contribution is -1.88. The predicted octanol–water partition coefficient (Wildman–Crippen LogP) is 3.46. The fourth-order valence-electron chi connectivity index (χ4n) is 1.64. The molecule has 0 spiro atoms. The van der Waals surface area contributed by atoms with Crippen molar-refractivity contribution in [2.24, 2.45) is 7.05 Å². The molecular formula is C12H9Cl2N3. The third-order valence-electron chi connectivity index (χ3n) is 2.37. The Kier molecular flexibility index (Phi) is 3.37. The highest BCUT2D eigenvalue weighted by Gasteiger charge is 2.11. The molecule has 86 valence electrons. The van der Waals surface area contributed by atoms with Crippen LogP contribution in [0.1, 0.15) is 5.56 Å². The van der Waals surface area contributed by atoms with Crippen LogP contribution in [0, 0.1) is 11.3 Å². The van der Waals surface area contributed by atoms with Gasteiger partial charge >= 0.3 is 0 Å². The average molecular weight is 266 g/mol. The number of nitrogens with zero attached hydrogens (tertiary/aromatic N) is 3. The van der Waals surface area contributed by atoms with Crippen molar-refractivity contribution in [2.45, 2.75) is 6.42 Å². The Morgan fingerprint density at radius 3 is 2.76 bits per heavy atom. The minimum atomic E-state index is 0.323. The van der Waals surface area contributed by atoms with E-state index in [1.807, 2.05) is 19.3 Å². The predicted molar refractivity (Wildman–Crippen MR) is 68.0 cm³/mol. The summed E-state index contributed by atoms with van der Waals surface area (Å²) in [5.74, 6) is 0. The molecule has 1 heterocycles. The molecule has 2 rings (SSSR count). The van der Waals surface area contributed by atoms with Gasteiger partial charge in [0.15, 0.2) is 0 Å². The Bertz CT molecular complexity index is 596. The van der Waals surface area contributed by atoms with Crippen LogP contribution in [0.2, 0.25) is 10.0 Å². The summed E-state index contributed by atoms with van der Waals surface area (Å²) in [5.41, 5.74) is 2.52. The van der Waals surface area contributed by atoms with E-state index in [9.17, 15) is 0 Å². The standard InChI is InChI=1S/C12H9Cl2N3/c1-17-7-9(4-5-15)12(16-17)8-2-3-10(13)11(14)6-8/h2-3,6-7H,4H2,1H3. The maximum Gasteiger partial charge on any atom is 0.0966 e. The number of rotatable bonds is 2. The smallest absolute Gasteiger partial charge is 0.0966 e. The van der Waals surface area contributed by atoms with Gasteiger partial charge in [-0.3, -0.25) is 4.68 Å². The molecule has 0 aliphatic rings. The first-order chi connectivity index (χ1) is 8.11. The van der Waals surface area contributed by atoms with Crippen LogP contribution >= 0.6 is 23.2 Å². The SMILES string of the molecule is Cn1cc(CC#N)c(-c2ccc(Cl)c(Cl)c2)n1. The Morgan fingerprint density at radius 1 is 1.35 bits per heavy atom. The number of aromatic nitrogens is 2. The van der Waals surface area contributed by atoms with Gasteiger partial charge in [0.2, 0.25) is 0 Å². The van der Waals surface area contributed by atoms with Gasteiger partial charge in [-0.2, -0.15) is 10.4 Å². The highest BCUT2D eigenvalue weighted by Crippen LogP contribution is 2.29. The lowest BCUT2D eigenvalue weighted by atomic mass is 10.1. The van der Waals surface area contributed by atoms with Crippen molar-refractivity contribution < 1.29 is 0 Å². The van der Waals surface area contributed by atoms with Gasteiger partial charge in [-0.1, -0.05) is 29.3 Å². The minimum Gasteiger partial charge on any atom is -0.275 e. The molecule has 0 radical (unpaired) electrons. The molecule has 0 atom stereocenters. The summed E-state index contributed by atoms with van der Waals surface area (Å²) in [6.07, 6.45) is 2.16. The second-order valence-corrected chi connectivity index (χ2v) is 4.45. The van der Waals surface area contributed by atoms with Crippen LogP contribution in [0.3, 0.4) is 0 Å². The van der Waals surface area contributed by atoms with Crippen molar-refractivity contribution in [3.05, 3.63) is 40.0 Å². The van der Waals surface area contributed by atoms with E-state index < -0.39 is 0 Å². The highest BCUT2D eigenvalue weighted by atomic mass is 35.5. The van der Waals surface area contributed by atoms with Crippen molar-refractivity contribution in [1.82, 2.24) is 9.78 Å². The third-order valence-corrected chi connectivity index (χ3v) is 3.11. The molecule has 0 saturated carbocycles. The Morgan fingerprint density at radius 2 is 2.12 bits per heavy atom. The molecule has 0 amide bonds. The molecule has 1 aromatic carbocycles. The second kappa shape index (κ2) is 4.79. The van der Waals surface area contributed by atoms with E-state index >= 15 is 0 Å². The maximum atomic E-state index is 8.76. The van der Waals surface area contributed by atoms with E-state index in [0.717, 1.165) is 16.8 Å². The molecule has 0 unspecified atom stereocenters. The van der Waals surface area contributed by atoms with Crippen molar-refractivity contribution in [2.75, 3.05) is 0 Å². The summed E-state index contributed by atoms with van der Waals surface area (Å²) in [6.45, 7) is 0. The van der Waals surface area contributed by atoms with Crippen LogP contribution in [0.15, 0.2) is 24.4 Å². The quantitative estimate of drug-likeness (QED) is 0.835. The Labute approximate surface area is 109 Å². The van der Waals surface area contributed by atoms with E-state index in [4.69, 9.17) is 28.5 Å². The fourth-order valence-corrected chi connectivity index (χ4v) is 1.94. The normalized spacial score (nSPS) is 10.2. The van der Waals surface area contributed by atoms with Crippen LogP contribution in [0.5, 0.6) is 0 Å². The molecule has 0 N–H and O–H groups in total. The number of aryl methyl sites for hydroxylation is 1. The van der Waals surface area contributed by atoms with Crippen molar-refractivity contribution in [1.29, 1.82) is 5.26 Å². The van der Waals surface area contributed by atoms with Gasteiger partial charge in [-0.25, -0.2) is 0 Å². The Hall–Kier alpha value is -1.50. The Balaban J connectivity index is 2.52. The van der Waals surface area contributed by atoms with Gasteiger partial charge in [-0.05, 0) is 12.1 Å². The molecule has 1 aromatic heterocycles. The average Bonchev–Trinajstić information content (AvgIpc) is 2.64. The van der Waals surface area contributed by atoms with Gasteiger partial charge in [0.05, 0.1) is 28.2 Å². The second-order valence-electron chi connectivity index (χ2n) is 3.64. The van der Waals surface area contributed by atoms with E-state index in [1.165, 1.54) is 0 Å². The van der Waals surface area contributed by atoms with E-state index in [-0.39, 0.29) is 0 Å². The maximum absolute atomic E-state index is 8.76. The molecule has 3 nitrogen and oxygen atoms in total. The first kappa shape index (κ1) is 12.0. The van der Waals surface area contributed by atoms with Gasteiger partial charge in [-0.15, -0.1) is 0 Å². The molecule has 0 saturated heterocycles. The third kappa shape index (κ3) is 2.44. The fraction of sp³-hybridized carbons (Fsp3) is 0.167. The molecular weight excluding hydrogens is 257 g/mol. The number of hydrogen-bond acceptors (Lipinski definition) is 2. The number of nitriles is 1. The monoisotopic (exact) mass is 265 g/mol. The van der Waals surface area contributed by atoms with Crippen LogP contribution in [0.4, 0.5) is 0 Å². The lowest BCUT2D eigenvalue weighted by Gasteiger charge is -2.01. The number of halogens is 2. The van der Waals surface area contributed by atoms with Gasteiger partial charge in [0.1, 0.15) is 0 Å². The van der Waals surface area contributed by atoms with Crippen LogP contribution < -0.4 is 0 Å². The molecule has 0 aliphatic heterocycles. The first-order valence-corrected chi connectivity index (χ1v) is 5.72. The van der Waals surface area contributed by atoms with Crippen LogP contribution in [0.25, 0.3) is 11.3 Å². The summed E-state index contributed by atoms with van der Waals surface area (Å²) in [7, 11) is 1.82. The van der Waals surface area contributed by atoms with Crippen molar-refractivity contribution in [3.63, 3.8) is 0 Å².